The Kier molecular flexibility index (Phi) is 5.57. The van der Waals surface area contributed by atoms with Crippen molar-refractivity contribution in [2.24, 2.45) is 0 Å². The van der Waals surface area contributed by atoms with Gasteiger partial charge < -0.3 is 9.84 Å². The number of hydrogen-bond acceptors (Lipinski definition) is 4. The molecule has 0 fully saturated rings. The van der Waals surface area contributed by atoms with Crippen LogP contribution in [0.2, 0.25) is 0 Å². The van der Waals surface area contributed by atoms with Gasteiger partial charge in [-0.25, -0.2) is 4.85 Å². The van der Waals surface area contributed by atoms with Gasteiger partial charge in [0.05, 0.1) is 31.5 Å². The average Bonchev–Trinajstić information content (AvgIpc) is 2.92. The molecule has 0 aliphatic rings. The average molecular weight is 324 g/mol. The first-order valence-corrected chi connectivity index (χ1v) is 7.84. The van der Waals surface area contributed by atoms with Crippen molar-refractivity contribution in [1.82, 2.24) is 9.78 Å². The summed E-state index contributed by atoms with van der Waals surface area (Å²) in [5.41, 5.74) is 2.42. The number of hydrogen-bond donors (Lipinski definition) is 1. The maximum atomic E-state index is 9.23. The van der Waals surface area contributed by atoms with Crippen LogP contribution in [-0.2, 0) is 13.0 Å². The molecule has 0 aliphatic heterocycles. The molecular formula is C18H20N4O2. The Morgan fingerprint density at radius 3 is 2.71 bits per heavy atom. The van der Waals surface area contributed by atoms with Gasteiger partial charge >= 0.3 is 0 Å². The molecule has 0 unspecified atom stereocenters. The third-order valence-electron chi connectivity index (χ3n) is 3.60. The Labute approximate surface area is 141 Å². The van der Waals surface area contributed by atoms with Crippen LogP contribution in [0.5, 0.6) is 11.5 Å². The lowest BCUT2D eigenvalue weighted by Gasteiger charge is -2.11. The fraction of sp³-hybridized carbons (Fsp3) is 0.389. The lowest BCUT2D eigenvalue weighted by Crippen LogP contribution is -2.08. The van der Waals surface area contributed by atoms with Gasteiger partial charge in [-0.05, 0) is 24.6 Å². The molecule has 6 nitrogen and oxygen atoms in total. The van der Waals surface area contributed by atoms with Crippen molar-refractivity contribution in [1.29, 1.82) is 5.26 Å². The largest absolute Gasteiger partial charge is 0.455 e. The van der Waals surface area contributed by atoms with Crippen LogP contribution in [0.1, 0.15) is 43.6 Å². The van der Waals surface area contributed by atoms with Crippen LogP contribution in [-0.4, -0.2) is 21.5 Å². The Balaban J connectivity index is 2.53. The molecule has 0 saturated carbocycles. The van der Waals surface area contributed by atoms with Gasteiger partial charge in [-0.15, -0.1) is 0 Å². The molecule has 2 aromatic rings. The minimum absolute atomic E-state index is 0.00254. The molecule has 1 aromatic carbocycles. The molecule has 1 heterocycles. The number of benzene rings is 1. The minimum atomic E-state index is -0.00254. The van der Waals surface area contributed by atoms with Crippen molar-refractivity contribution < 1.29 is 9.84 Å². The normalized spacial score (nSPS) is 10.5. The second-order valence-electron chi connectivity index (χ2n) is 5.66. The molecule has 0 bridgehead atoms. The number of aliphatic hydroxyl groups excluding tert-OH is 1. The first-order chi connectivity index (χ1) is 11.5. The van der Waals surface area contributed by atoms with E-state index in [1.165, 1.54) is 6.07 Å². The van der Waals surface area contributed by atoms with E-state index in [0.717, 1.165) is 11.4 Å². The highest BCUT2D eigenvalue weighted by Gasteiger charge is 2.21. The monoisotopic (exact) mass is 324 g/mol. The molecule has 0 aliphatic carbocycles. The Morgan fingerprint density at radius 2 is 2.17 bits per heavy atom. The summed E-state index contributed by atoms with van der Waals surface area (Å²) < 4.78 is 7.80. The maximum absolute atomic E-state index is 9.23. The third-order valence-corrected chi connectivity index (χ3v) is 3.60. The van der Waals surface area contributed by atoms with Gasteiger partial charge in [-0.1, -0.05) is 20.8 Å². The number of aromatic nitrogens is 2. The van der Waals surface area contributed by atoms with Crippen molar-refractivity contribution in [3.8, 4) is 17.6 Å². The quantitative estimate of drug-likeness (QED) is 0.821. The van der Waals surface area contributed by atoms with E-state index in [2.05, 4.69) is 9.94 Å². The van der Waals surface area contributed by atoms with E-state index >= 15 is 0 Å². The fourth-order valence-electron chi connectivity index (χ4n) is 2.50. The van der Waals surface area contributed by atoms with E-state index in [1.54, 1.807) is 16.8 Å². The van der Waals surface area contributed by atoms with Gasteiger partial charge in [0.2, 0.25) is 0 Å². The summed E-state index contributed by atoms with van der Waals surface area (Å²) in [6.45, 7) is 13.6. The molecule has 24 heavy (non-hydrogen) atoms. The third kappa shape index (κ3) is 3.56. The standard InChI is InChI=1S/C18H20N4O2/c1-5-16-18(17(12(2)3)21-22(16)6-7-23)24-15-9-13(11-19)8-14(10-15)20-4/h8-10,12,23H,5-7H2,1-3H3. The number of aliphatic hydroxyl groups is 1. The molecule has 1 N–H and O–H groups in total. The summed E-state index contributed by atoms with van der Waals surface area (Å²) in [6, 6.07) is 6.79. The molecule has 0 saturated heterocycles. The van der Waals surface area contributed by atoms with E-state index in [1.807, 2.05) is 26.8 Å². The van der Waals surface area contributed by atoms with Gasteiger partial charge in [-0.2, -0.15) is 10.4 Å². The molecule has 0 amide bonds. The molecule has 1 aromatic heterocycles. The van der Waals surface area contributed by atoms with Crippen LogP contribution in [0.4, 0.5) is 5.69 Å². The molecule has 0 radical (unpaired) electrons. The zero-order chi connectivity index (χ0) is 17.7. The van der Waals surface area contributed by atoms with Gasteiger partial charge in [0.1, 0.15) is 11.4 Å². The molecule has 0 atom stereocenters. The molecule has 0 spiro atoms. The number of ether oxygens (including phenoxy) is 1. The zero-order valence-corrected chi connectivity index (χ0v) is 14.1. The van der Waals surface area contributed by atoms with Gasteiger partial charge in [-0.3, -0.25) is 4.68 Å². The number of nitrogens with zero attached hydrogens (tertiary/aromatic N) is 4. The van der Waals surface area contributed by atoms with Crippen LogP contribution in [0, 0.1) is 17.9 Å². The van der Waals surface area contributed by atoms with Crippen molar-refractivity contribution in [2.75, 3.05) is 6.61 Å². The van der Waals surface area contributed by atoms with Crippen molar-refractivity contribution in [3.05, 3.63) is 46.6 Å². The van der Waals surface area contributed by atoms with E-state index in [4.69, 9.17) is 16.6 Å². The summed E-state index contributed by atoms with van der Waals surface area (Å²) >= 11 is 0. The molecule has 6 heteroatoms. The van der Waals surface area contributed by atoms with Crippen LogP contribution in [0.25, 0.3) is 4.85 Å². The fourth-order valence-corrected chi connectivity index (χ4v) is 2.50. The highest BCUT2D eigenvalue weighted by atomic mass is 16.5. The first-order valence-electron chi connectivity index (χ1n) is 7.84. The Bertz CT molecular complexity index is 777. The molecular weight excluding hydrogens is 304 g/mol. The van der Waals surface area contributed by atoms with Gasteiger partial charge in [0.25, 0.3) is 0 Å². The minimum Gasteiger partial charge on any atom is -0.455 e. The highest BCUT2D eigenvalue weighted by Crippen LogP contribution is 2.35. The van der Waals surface area contributed by atoms with Gasteiger partial charge in [0.15, 0.2) is 11.4 Å². The Morgan fingerprint density at radius 1 is 1.42 bits per heavy atom. The summed E-state index contributed by atoms with van der Waals surface area (Å²) in [7, 11) is 0. The van der Waals surface area contributed by atoms with E-state index in [-0.39, 0.29) is 12.5 Å². The van der Waals surface area contributed by atoms with Crippen LogP contribution in [0.3, 0.4) is 0 Å². The first kappa shape index (κ1) is 17.5. The zero-order valence-electron chi connectivity index (χ0n) is 14.1. The van der Waals surface area contributed by atoms with Crippen molar-refractivity contribution >= 4 is 5.69 Å². The smallest absolute Gasteiger partial charge is 0.192 e. The summed E-state index contributed by atoms with van der Waals surface area (Å²) in [5.74, 6) is 1.23. The van der Waals surface area contributed by atoms with Crippen molar-refractivity contribution in [3.63, 3.8) is 0 Å². The van der Waals surface area contributed by atoms with Gasteiger partial charge in [0, 0.05) is 11.5 Å². The van der Waals surface area contributed by atoms with Crippen LogP contribution in [0.15, 0.2) is 18.2 Å². The predicted octanol–water partition coefficient (Wildman–Crippen LogP) is 3.78. The molecule has 2 rings (SSSR count). The maximum Gasteiger partial charge on any atom is 0.192 e. The SMILES string of the molecule is [C-]#[N+]c1cc(C#N)cc(Oc2c(C(C)C)nn(CCO)c2CC)c1. The lowest BCUT2D eigenvalue weighted by atomic mass is 10.1. The number of nitriles is 1. The van der Waals surface area contributed by atoms with Crippen molar-refractivity contribution in [2.45, 2.75) is 39.7 Å². The summed E-state index contributed by atoms with van der Waals surface area (Å²) in [4.78, 5) is 3.38. The van der Waals surface area contributed by atoms with E-state index < -0.39 is 0 Å². The second kappa shape index (κ2) is 7.63. The predicted molar refractivity (Wildman–Crippen MR) is 90.3 cm³/mol. The van der Waals surface area contributed by atoms with Crippen LogP contribution < -0.4 is 4.74 Å². The van der Waals surface area contributed by atoms with E-state index in [9.17, 15) is 5.11 Å². The topological polar surface area (TPSA) is 75.4 Å². The summed E-state index contributed by atoms with van der Waals surface area (Å²) in [5, 5.41) is 22.9. The highest BCUT2D eigenvalue weighted by molar-refractivity contribution is 5.56. The van der Waals surface area contributed by atoms with Crippen LogP contribution >= 0.6 is 0 Å². The number of rotatable bonds is 6. The Hall–Kier alpha value is -2.83. The van der Waals surface area contributed by atoms with E-state index in [0.29, 0.717) is 35.7 Å². The summed E-state index contributed by atoms with van der Waals surface area (Å²) in [6.07, 6.45) is 0.697. The molecule has 124 valence electrons. The second-order valence-corrected chi connectivity index (χ2v) is 5.66. The lowest BCUT2D eigenvalue weighted by molar-refractivity contribution is 0.266.